The average Bonchev–Trinajstić information content (AvgIpc) is 3.11. The third kappa shape index (κ3) is 4.59. The molecule has 1 heterocycles. The Hall–Kier alpha value is -3.00. The molecule has 0 fully saturated rings. The predicted molar refractivity (Wildman–Crippen MR) is 103 cm³/mol. The molecule has 0 atom stereocenters. The second-order valence-corrected chi connectivity index (χ2v) is 6.56. The van der Waals surface area contributed by atoms with Crippen LogP contribution in [0.25, 0.3) is 0 Å². The van der Waals surface area contributed by atoms with Crippen molar-refractivity contribution in [2.75, 3.05) is 19.5 Å². The van der Waals surface area contributed by atoms with Crippen LogP contribution in [0.4, 0.5) is 5.69 Å². The van der Waals surface area contributed by atoms with Crippen molar-refractivity contribution in [1.82, 2.24) is 10.1 Å². The minimum Gasteiger partial charge on any atom is -0.493 e. The van der Waals surface area contributed by atoms with Gasteiger partial charge in [-0.3, -0.25) is 4.79 Å². The van der Waals surface area contributed by atoms with Crippen LogP contribution in [0.1, 0.15) is 22.1 Å². The molecule has 2 aromatic carbocycles. The Balaban J connectivity index is 1.75. The van der Waals surface area contributed by atoms with E-state index in [0.717, 1.165) is 4.90 Å². The Morgan fingerprint density at radius 2 is 1.93 bits per heavy atom. The minimum absolute atomic E-state index is 0.213. The molecule has 1 amide bonds. The van der Waals surface area contributed by atoms with Gasteiger partial charge in [0.2, 0.25) is 5.89 Å². The van der Waals surface area contributed by atoms with Crippen LogP contribution in [0.3, 0.4) is 0 Å². The Labute approximate surface area is 161 Å². The summed E-state index contributed by atoms with van der Waals surface area (Å²) < 4.78 is 15.5. The first-order valence-electron chi connectivity index (χ1n) is 8.15. The summed E-state index contributed by atoms with van der Waals surface area (Å²) in [7, 11) is 3.11. The minimum atomic E-state index is -0.213. The Morgan fingerprint density at radius 3 is 2.63 bits per heavy atom. The lowest BCUT2D eigenvalue weighted by Crippen LogP contribution is -2.13. The number of hydrogen-bond acceptors (Lipinski definition) is 7. The van der Waals surface area contributed by atoms with Gasteiger partial charge < -0.3 is 19.3 Å². The molecule has 0 aliphatic carbocycles. The van der Waals surface area contributed by atoms with Crippen molar-refractivity contribution in [3.63, 3.8) is 0 Å². The number of aryl methyl sites for hydroxylation is 1. The summed E-state index contributed by atoms with van der Waals surface area (Å²) in [5.41, 5.74) is 1.18. The van der Waals surface area contributed by atoms with Gasteiger partial charge in [-0.25, -0.2) is 0 Å². The number of ether oxygens (including phenoxy) is 2. The van der Waals surface area contributed by atoms with Gasteiger partial charge in [0.15, 0.2) is 17.3 Å². The monoisotopic (exact) mass is 385 g/mol. The van der Waals surface area contributed by atoms with Gasteiger partial charge in [0.05, 0.1) is 25.5 Å². The molecule has 0 spiro atoms. The first kappa shape index (κ1) is 18.8. The van der Waals surface area contributed by atoms with Crippen LogP contribution in [0, 0.1) is 6.92 Å². The number of aromatic nitrogens is 2. The van der Waals surface area contributed by atoms with Crippen LogP contribution in [0.15, 0.2) is 51.9 Å². The van der Waals surface area contributed by atoms with E-state index in [1.165, 1.54) is 11.8 Å². The second-order valence-electron chi connectivity index (χ2n) is 5.54. The van der Waals surface area contributed by atoms with Crippen LogP contribution in [-0.2, 0) is 5.75 Å². The number of rotatable bonds is 7. The number of carbonyl (C=O) groups excluding carboxylic acids is 1. The number of nitrogens with one attached hydrogen (secondary N) is 1. The summed E-state index contributed by atoms with van der Waals surface area (Å²) >= 11 is 1.48. The van der Waals surface area contributed by atoms with E-state index in [1.54, 1.807) is 45.4 Å². The van der Waals surface area contributed by atoms with Gasteiger partial charge in [-0.05, 0) is 24.3 Å². The van der Waals surface area contributed by atoms with Gasteiger partial charge in [0, 0.05) is 23.6 Å². The topological polar surface area (TPSA) is 86.5 Å². The largest absolute Gasteiger partial charge is 0.493 e. The maximum absolute atomic E-state index is 12.8. The number of amides is 1. The molecule has 8 heteroatoms. The van der Waals surface area contributed by atoms with Gasteiger partial charge in [0.1, 0.15) is 0 Å². The molecule has 0 aliphatic rings. The van der Waals surface area contributed by atoms with E-state index >= 15 is 0 Å². The molecule has 0 aliphatic heterocycles. The lowest BCUT2D eigenvalue weighted by molar-refractivity contribution is 0.102. The number of anilines is 1. The molecule has 0 saturated carbocycles. The summed E-state index contributed by atoms with van der Waals surface area (Å²) in [6.07, 6.45) is 0. The van der Waals surface area contributed by atoms with Crippen molar-refractivity contribution in [2.24, 2.45) is 0 Å². The molecular formula is C19H19N3O4S. The van der Waals surface area contributed by atoms with Crippen molar-refractivity contribution in [3.8, 4) is 11.5 Å². The molecule has 3 rings (SSSR count). The summed E-state index contributed by atoms with van der Waals surface area (Å²) in [5.74, 6) is 2.55. The zero-order valence-corrected chi connectivity index (χ0v) is 16.0. The number of methoxy groups -OCH3 is 2. The molecule has 0 saturated heterocycles. The van der Waals surface area contributed by atoms with E-state index in [0.29, 0.717) is 40.2 Å². The summed E-state index contributed by atoms with van der Waals surface area (Å²) in [4.78, 5) is 17.8. The Morgan fingerprint density at radius 1 is 1.15 bits per heavy atom. The number of benzene rings is 2. The van der Waals surface area contributed by atoms with Crippen LogP contribution >= 0.6 is 11.8 Å². The lowest BCUT2D eigenvalue weighted by atomic mass is 10.2. The zero-order chi connectivity index (χ0) is 19.2. The van der Waals surface area contributed by atoms with E-state index in [4.69, 9.17) is 14.0 Å². The lowest BCUT2D eigenvalue weighted by Gasteiger charge is -2.12. The van der Waals surface area contributed by atoms with Crippen LogP contribution in [0.5, 0.6) is 11.5 Å². The maximum Gasteiger partial charge on any atom is 0.256 e. The fraction of sp³-hybridized carbons (Fsp3) is 0.211. The normalized spacial score (nSPS) is 10.5. The molecule has 1 N–H and O–H groups in total. The SMILES string of the molecule is COc1ccc(NC(=O)c2ccccc2SCc2noc(C)n2)cc1OC. The second kappa shape index (κ2) is 8.59. The summed E-state index contributed by atoms with van der Waals surface area (Å²) in [5, 5.41) is 6.76. The van der Waals surface area contributed by atoms with Gasteiger partial charge in [0.25, 0.3) is 5.91 Å². The highest BCUT2D eigenvalue weighted by Crippen LogP contribution is 2.31. The van der Waals surface area contributed by atoms with Crippen molar-refractivity contribution in [1.29, 1.82) is 0 Å². The number of nitrogens with zero attached hydrogens (tertiary/aromatic N) is 2. The maximum atomic E-state index is 12.8. The van der Waals surface area contributed by atoms with Gasteiger partial charge >= 0.3 is 0 Å². The standard InChI is InChI=1S/C19H19N3O4S/c1-12-20-18(22-26-12)11-27-17-7-5-4-6-14(17)19(23)21-13-8-9-15(24-2)16(10-13)25-3/h4-10H,11H2,1-3H3,(H,21,23). The molecule has 0 radical (unpaired) electrons. The van der Waals surface area contributed by atoms with E-state index in [2.05, 4.69) is 15.5 Å². The quantitative estimate of drug-likeness (QED) is 0.616. The van der Waals surface area contributed by atoms with E-state index in [9.17, 15) is 4.79 Å². The highest BCUT2D eigenvalue weighted by atomic mass is 32.2. The van der Waals surface area contributed by atoms with Crippen molar-refractivity contribution >= 4 is 23.4 Å². The van der Waals surface area contributed by atoms with E-state index in [1.807, 2.05) is 18.2 Å². The predicted octanol–water partition coefficient (Wildman–Crippen LogP) is 3.94. The first-order chi connectivity index (χ1) is 13.1. The zero-order valence-electron chi connectivity index (χ0n) is 15.2. The number of hydrogen-bond donors (Lipinski definition) is 1. The summed E-state index contributed by atoms with van der Waals surface area (Å²) in [6, 6.07) is 12.6. The third-order valence-corrected chi connectivity index (χ3v) is 4.77. The molecule has 140 valence electrons. The summed E-state index contributed by atoms with van der Waals surface area (Å²) in [6.45, 7) is 1.74. The molecule has 27 heavy (non-hydrogen) atoms. The number of carbonyl (C=O) groups is 1. The first-order valence-corrected chi connectivity index (χ1v) is 9.13. The van der Waals surface area contributed by atoms with Crippen molar-refractivity contribution in [3.05, 3.63) is 59.7 Å². The highest BCUT2D eigenvalue weighted by Gasteiger charge is 2.14. The van der Waals surface area contributed by atoms with Crippen LogP contribution in [-0.4, -0.2) is 30.3 Å². The van der Waals surface area contributed by atoms with Crippen LogP contribution < -0.4 is 14.8 Å². The highest BCUT2D eigenvalue weighted by molar-refractivity contribution is 7.98. The average molecular weight is 385 g/mol. The van der Waals surface area contributed by atoms with E-state index < -0.39 is 0 Å². The molecule has 7 nitrogen and oxygen atoms in total. The molecular weight excluding hydrogens is 366 g/mol. The Bertz CT molecular complexity index is 942. The number of thioether (sulfide) groups is 1. The molecule has 3 aromatic rings. The van der Waals surface area contributed by atoms with Gasteiger partial charge in [-0.1, -0.05) is 17.3 Å². The third-order valence-electron chi connectivity index (χ3n) is 3.70. The fourth-order valence-corrected chi connectivity index (χ4v) is 3.33. The van der Waals surface area contributed by atoms with E-state index in [-0.39, 0.29) is 5.91 Å². The molecule has 0 bridgehead atoms. The smallest absolute Gasteiger partial charge is 0.256 e. The van der Waals surface area contributed by atoms with Gasteiger partial charge in [-0.2, -0.15) is 4.98 Å². The molecule has 1 aromatic heterocycles. The van der Waals surface area contributed by atoms with Crippen LogP contribution in [0.2, 0.25) is 0 Å². The fourth-order valence-electron chi connectivity index (χ4n) is 2.43. The Kier molecular flexibility index (Phi) is 5.97. The molecule has 0 unspecified atom stereocenters. The van der Waals surface area contributed by atoms with Crippen molar-refractivity contribution < 1.29 is 18.8 Å². The van der Waals surface area contributed by atoms with Gasteiger partial charge in [-0.15, -0.1) is 11.8 Å². The van der Waals surface area contributed by atoms with Crippen molar-refractivity contribution in [2.45, 2.75) is 17.6 Å².